The van der Waals surface area contributed by atoms with E-state index in [-0.39, 0.29) is 10.8 Å². The normalized spacial score (nSPS) is 12.5. The molecule has 0 amide bonds. The fourth-order valence-electron chi connectivity index (χ4n) is 6.17. The van der Waals surface area contributed by atoms with Crippen LogP contribution in [0, 0.1) is 0 Å². The van der Waals surface area contributed by atoms with Crippen molar-refractivity contribution >= 4 is 5.69 Å². The average Bonchev–Trinajstić information content (AvgIpc) is 2.99. The molecule has 0 N–H and O–H groups in total. The molecule has 45 heavy (non-hydrogen) atoms. The molecular weight excluding hydrogens is 542 g/mol. The molecule has 0 saturated carbocycles. The van der Waals surface area contributed by atoms with Crippen molar-refractivity contribution in [3.05, 3.63) is 113 Å². The van der Waals surface area contributed by atoms with Crippen LogP contribution < -0.4 is 4.90 Å². The summed E-state index contributed by atoms with van der Waals surface area (Å²) in [4.78, 5) is 2.48. The van der Waals surface area contributed by atoms with E-state index in [9.17, 15) is 0 Å². The summed E-state index contributed by atoms with van der Waals surface area (Å²) in [6, 6.07) is 30.5. The van der Waals surface area contributed by atoms with Gasteiger partial charge < -0.3 is 4.90 Å². The van der Waals surface area contributed by atoms with Gasteiger partial charge in [0.1, 0.15) is 0 Å². The van der Waals surface area contributed by atoms with Crippen LogP contribution in [-0.2, 0) is 10.8 Å². The fourth-order valence-corrected chi connectivity index (χ4v) is 6.17. The van der Waals surface area contributed by atoms with Crippen molar-refractivity contribution in [1.29, 1.82) is 0 Å². The van der Waals surface area contributed by atoms with E-state index < -0.39 is 0 Å². The molecule has 4 rings (SSSR count). The molecule has 0 unspecified atom stereocenters. The lowest BCUT2D eigenvalue weighted by atomic mass is 9.84. The first-order chi connectivity index (χ1) is 21.1. The summed E-state index contributed by atoms with van der Waals surface area (Å²) in [6.45, 7) is 26.1. The number of hydrogen-bond donors (Lipinski definition) is 0. The van der Waals surface area contributed by atoms with Gasteiger partial charge in [0, 0.05) is 19.3 Å². The van der Waals surface area contributed by atoms with Crippen LogP contribution in [-0.4, -0.2) is 13.6 Å². The molecule has 4 aromatic carbocycles. The lowest BCUT2D eigenvalue weighted by Crippen LogP contribution is -2.22. The maximum Gasteiger partial charge on any atom is 0.0434 e. The van der Waals surface area contributed by atoms with E-state index in [1.165, 1.54) is 61.3 Å². The molecule has 0 heterocycles. The zero-order valence-electron chi connectivity index (χ0n) is 30.2. The highest BCUT2D eigenvalue weighted by Gasteiger charge is 2.21. The molecule has 0 aliphatic heterocycles. The molecule has 4 aromatic rings. The zero-order chi connectivity index (χ0) is 33.1. The predicted molar refractivity (Wildman–Crippen MR) is 201 cm³/mol. The quantitative estimate of drug-likeness (QED) is 0.173. The van der Waals surface area contributed by atoms with Crippen LogP contribution in [0.1, 0.15) is 117 Å². The first-order valence-corrected chi connectivity index (χ1v) is 17.0. The van der Waals surface area contributed by atoms with E-state index in [0.29, 0.717) is 11.8 Å². The van der Waals surface area contributed by atoms with Crippen LogP contribution in [0.25, 0.3) is 33.4 Å². The van der Waals surface area contributed by atoms with E-state index in [1.807, 2.05) is 0 Å². The van der Waals surface area contributed by atoms with E-state index in [4.69, 9.17) is 0 Å². The molecule has 0 spiro atoms. The number of anilines is 1. The van der Waals surface area contributed by atoms with E-state index in [1.54, 1.807) is 0 Å². The van der Waals surface area contributed by atoms with E-state index in [2.05, 4.69) is 179 Å². The number of benzene rings is 4. The Morgan fingerprint density at radius 2 is 0.911 bits per heavy atom. The van der Waals surface area contributed by atoms with Crippen molar-refractivity contribution < 1.29 is 0 Å². The monoisotopic (exact) mass is 599 g/mol. The Morgan fingerprint density at radius 1 is 0.556 bits per heavy atom. The second-order valence-corrected chi connectivity index (χ2v) is 15.5. The summed E-state index contributed by atoms with van der Waals surface area (Å²) >= 11 is 0. The van der Waals surface area contributed by atoms with Gasteiger partial charge in [-0.2, -0.15) is 0 Å². The molecule has 1 heteroatoms. The van der Waals surface area contributed by atoms with Gasteiger partial charge in [0.15, 0.2) is 0 Å². The molecule has 238 valence electrons. The van der Waals surface area contributed by atoms with Crippen molar-refractivity contribution in [2.45, 2.75) is 105 Å². The maximum atomic E-state index is 2.48. The summed E-state index contributed by atoms with van der Waals surface area (Å²) in [7, 11) is 2.26. The number of rotatable bonds is 9. The van der Waals surface area contributed by atoms with Crippen LogP contribution in [0.15, 0.2) is 91.0 Å². The van der Waals surface area contributed by atoms with Crippen LogP contribution in [0.5, 0.6) is 0 Å². The van der Waals surface area contributed by atoms with Crippen molar-refractivity contribution in [3.63, 3.8) is 0 Å². The molecule has 0 aromatic heterocycles. The third-order valence-electron chi connectivity index (χ3n) is 9.10. The van der Waals surface area contributed by atoms with Crippen molar-refractivity contribution in [2.24, 2.45) is 0 Å². The lowest BCUT2D eigenvalue weighted by Gasteiger charge is -2.29. The van der Waals surface area contributed by atoms with Gasteiger partial charge in [-0.15, -0.1) is 0 Å². The Labute approximate surface area is 275 Å². The highest BCUT2D eigenvalue weighted by atomic mass is 15.1. The molecular formula is C44H57N. The highest BCUT2D eigenvalue weighted by Crippen LogP contribution is 2.41. The Bertz CT molecular complexity index is 1500. The Hall–Kier alpha value is -3.58. The van der Waals surface area contributed by atoms with Gasteiger partial charge in [-0.05, 0) is 122 Å². The van der Waals surface area contributed by atoms with Gasteiger partial charge in [0.2, 0.25) is 0 Å². The SMILES string of the molecule is C/C=C\CCN(C)c1c(C(C)C)cc(-c2cc(-c3ccc(C(C)(C)C)cc3)cc(-c3ccc(C(C)(C)C)cc3)c2)cc1C(C)C. The van der Waals surface area contributed by atoms with Gasteiger partial charge in [-0.25, -0.2) is 0 Å². The van der Waals surface area contributed by atoms with Gasteiger partial charge in [-0.3, -0.25) is 0 Å². The van der Waals surface area contributed by atoms with E-state index >= 15 is 0 Å². The van der Waals surface area contributed by atoms with Gasteiger partial charge in [0.25, 0.3) is 0 Å². The predicted octanol–water partition coefficient (Wildman–Crippen LogP) is 12.9. The van der Waals surface area contributed by atoms with Crippen molar-refractivity contribution in [1.82, 2.24) is 0 Å². The zero-order valence-corrected chi connectivity index (χ0v) is 30.2. The summed E-state index contributed by atoms with van der Waals surface area (Å²) in [6.07, 6.45) is 5.48. The molecule has 0 saturated heterocycles. The number of allylic oxidation sites excluding steroid dienone is 1. The average molecular weight is 600 g/mol. The Balaban J connectivity index is 1.93. The van der Waals surface area contributed by atoms with Crippen molar-refractivity contribution in [3.8, 4) is 33.4 Å². The third kappa shape index (κ3) is 8.18. The molecule has 0 fully saturated rings. The Kier molecular flexibility index (Phi) is 10.5. The maximum absolute atomic E-state index is 2.48. The summed E-state index contributed by atoms with van der Waals surface area (Å²) in [5, 5.41) is 0. The van der Waals surface area contributed by atoms with Crippen molar-refractivity contribution in [2.75, 3.05) is 18.5 Å². The van der Waals surface area contributed by atoms with Gasteiger partial charge >= 0.3 is 0 Å². The smallest absolute Gasteiger partial charge is 0.0434 e. The minimum Gasteiger partial charge on any atom is -0.374 e. The minimum absolute atomic E-state index is 0.128. The second-order valence-electron chi connectivity index (χ2n) is 15.5. The van der Waals surface area contributed by atoms with Crippen LogP contribution in [0.4, 0.5) is 5.69 Å². The molecule has 0 aliphatic rings. The summed E-state index contributed by atoms with van der Waals surface area (Å²) in [5.41, 5.74) is 14.8. The largest absolute Gasteiger partial charge is 0.374 e. The highest BCUT2D eigenvalue weighted by molar-refractivity contribution is 5.83. The number of nitrogens with zero attached hydrogens (tertiary/aromatic N) is 1. The van der Waals surface area contributed by atoms with Gasteiger partial charge in [0.05, 0.1) is 0 Å². The van der Waals surface area contributed by atoms with Crippen LogP contribution >= 0.6 is 0 Å². The number of hydrogen-bond acceptors (Lipinski definition) is 1. The topological polar surface area (TPSA) is 3.24 Å². The summed E-state index contributed by atoms with van der Waals surface area (Å²) in [5.74, 6) is 0.832. The van der Waals surface area contributed by atoms with Gasteiger partial charge in [-0.1, -0.05) is 130 Å². The molecule has 0 atom stereocenters. The van der Waals surface area contributed by atoms with Crippen LogP contribution in [0.2, 0.25) is 0 Å². The van der Waals surface area contributed by atoms with E-state index in [0.717, 1.165) is 13.0 Å². The first-order valence-electron chi connectivity index (χ1n) is 17.0. The first kappa shape index (κ1) is 34.3. The Morgan fingerprint density at radius 3 is 1.24 bits per heavy atom. The molecule has 1 nitrogen and oxygen atoms in total. The molecule has 0 bridgehead atoms. The molecule has 0 radical (unpaired) electrons. The molecule has 0 aliphatic carbocycles. The minimum atomic E-state index is 0.128. The standard InChI is InChI=1S/C44H57N/c1-13-14-15-24-45(12)42-40(30(2)3)28-37(29-41(42)31(4)5)36-26-34(32-16-20-38(21-17-32)43(6,7)8)25-35(27-36)33-18-22-39(23-19-33)44(9,10)11/h13-14,16-23,25-31H,15,24H2,1-12H3/b14-13-. The summed E-state index contributed by atoms with van der Waals surface area (Å²) < 4.78 is 0. The third-order valence-corrected chi connectivity index (χ3v) is 9.10. The van der Waals surface area contributed by atoms with Crippen LogP contribution in [0.3, 0.4) is 0 Å². The second kappa shape index (κ2) is 13.8. The fraction of sp³-hybridized carbons (Fsp3) is 0.409. The lowest BCUT2D eigenvalue weighted by molar-refractivity contribution is 0.590.